The molecule has 0 saturated heterocycles. The molecule has 0 unspecified atom stereocenters. The summed E-state index contributed by atoms with van der Waals surface area (Å²) in [6, 6.07) is 11.0. The Kier molecular flexibility index (Phi) is 7.97. The summed E-state index contributed by atoms with van der Waals surface area (Å²) >= 11 is 0. The van der Waals surface area contributed by atoms with Crippen molar-refractivity contribution in [3.05, 3.63) is 35.9 Å². The van der Waals surface area contributed by atoms with Gasteiger partial charge in [0.2, 0.25) is 0 Å². The van der Waals surface area contributed by atoms with Gasteiger partial charge in [0.05, 0.1) is 6.61 Å². The molecule has 0 saturated carbocycles. The molecular weight excluding hydrogens is 272 g/mol. The highest BCUT2D eigenvalue weighted by Crippen LogP contribution is 2.17. The lowest BCUT2D eigenvalue weighted by atomic mass is 10.2. The molecule has 0 amide bonds. The summed E-state index contributed by atoms with van der Waals surface area (Å²) in [7, 11) is 0.719. The van der Waals surface area contributed by atoms with Crippen molar-refractivity contribution in [2.45, 2.75) is 19.4 Å². The van der Waals surface area contributed by atoms with Crippen LogP contribution in [-0.2, 0) is 19.7 Å². The van der Waals surface area contributed by atoms with Crippen molar-refractivity contribution < 1.29 is 13.3 Å². The zero-order valence-electron chi connectivity index (χ0n) is 12.7. The van der Waals surface area contributed by atoms with E-state index in [0.29, 0.717) is 13.2 Å². The van der Waals surface area contributed by atoms with E-state index in [4.69, 9.17) is 19.1 Å². The number of hydrogen-bond donors (Lipinski definition) is 1. The van der Waals surface area contributed by atoms with Crippen LogP contribution < -0.4 is 5.84 Å². The third kappa shape index (κ3) is 5.70. The first-order valence-electron chi connectivity index (χ1n) is 6.93. The van der Waals surface area contributed by atoms with Gasteiger partial charge in [0.25, 0.3) is 0 Å². The van der Waals surface area contributed by atoms with E-state index in [2.05, 4.69) is 12.1 Å². The number of hydrogen-bond acceptors (Lipinski definition) is 5. The number of nitrogens with zero attached hydrogens (tertiary/aromatic N) is 1. The number of nitrogens with two attached hydrogens (primary N) is 1. The second-order valence-corrected chi connectivity index (χ2v) is 7.53. The van der Waals surface area contributed by atoms with Crippen molar-refractivity contribution in [3.63, 3.8) is 0 Å². The second-order valence-electron chi connectivity index (χ2n) is 4.55. The number of benzene rings is 1. The zero-order valence-corrected chi connectivity index (χ0v) is 13.7. The van der Waals surface area contributed by atoms with Gasteiger partial charge in [-0.2, -0.15) is 0 Å². The van der Waals surface area contributed by atoms with Crippen molar-refractivity contribution >= 4 is 8.80 Å². The number of hydrazine groups is 1. The van der Waals surface area contributed by atoms with Crippen LogP contribution in [0.15, 0.2) is 30.3 Å². The summed E-state index contributed by atoms with van der Waals surface area (Å²) in [5.74, 6) is 5.74. The molecule has 0 aliphatic heterocycles. The molecule has 114 valence electrons. The third-order valence-corrected chi connectivity index (χ3v) is 6.04. The molecule has 0 aliphatic carbocycles. The molecule has 0 aliphatic rings. The molecule has 0 fully saturated rings. The van der Waals surface area contributed by atoms with Crippen molar-refractivity contribution in [1.82, 2.24) is 5.01 Å². The fourth-order valence-electron chi connectivity index (χ4n) is 1.90. The lowest BCUT2D eigenvalue weighted by Gasteiger charge is -2.27. The van der Waals surface area contributed by atoms with Crippen LogP contribution in [-0.4, -0.2) is 47.7 Å². The first kappa shape index (κ1) is 17.3. The van der Waals surface area contributed by atoms with E-state index < -0.39 is 8.80 Å². The molecule has 6 heteroatoms. The average molecular weight is 298 g/mol. The summed E-state index contributed by atoms with van der Waals surface area (Å²) in [4.78, 5) is 0. The number of likely N-dealkylation sites (N-methyl/N-ethyl adjacent to an activating group) is 1. The van der Waals surface area contributed by atoms with E-state index in [-0.39, 0.29) is 0 Å². The van der Waals surface area contributed by atoms with Crippen molar-refractivity contribution in [3.8, 4) is 0 Å². The van der Waals surface area contributed by atoms with Gasteiger partial charge in [-0.15, -0.1) is 0 Å². The van der Waals surface area contributed by atoms with E-state index in [1.54, 1.807) is 19.2 Å². The van der Waals surface area contributed by atoms with Crippen LogP contribution in [0.3, 0.4) is 0 Å². The Morgan fingerprint density at radius 3 is 2.35 bits per heavy atom. The minimum absolute atomic E-state index is 0.521. The molecular formula is C14H26N2O3Si. The molecule has 0 radical (unpaired) electrons. The van der Waals surface area contributed by atoms with Gasteiger partial charge in [-0.25, -0.2) is 5.01 Å². The molecule has 0 bridgehead atoms. The Morgan fingerprint density at radius 1 is 1.15 bits per heavy atom. The standard InChI is InChI=1S/C14H26N2O3Si/c1-4-16(15)11-12-19-20(17-2,18-3)13-10-14-8-6-5-7-9-14/h5-9H,4,10-13,15H2,1-3H3. The summed E-state index contributed by atoms with van der Waals surface area (Å²) in [5, 5.41) is 1.71. The monoisotopic (exact) mass is 298 g/mol. The van der Waals surface area contributed by atoms with Gasteiger partial charge in [0.15, 0.2) is 0 Å². The molecule has 0 atom stereocenters. The Balaban J connectivity index is 2.48. The molecule has 1 aromatic carbocycles. The maximum Gasteiger partial charge on any atom is 0.500 e. The molecule has 0 aromatic heterocycles. The number of rotatable bonds is 10. The quantitative estimate of drug-likeness (QED) is 0.404. The Morgan fingerprint density at radius 2 is 1.80 bits per heavy atom. The maximum absolute atomic E-state index is 5.90. The number of aryl methyl sites for hydroxylation is 1. The summed E-state index contributed by atoms with van der Waals surface area (Å²) < 4.78 is 17.0. The van der Waals surface area contributed by atoms with Crippen LogP contribution in [0.5, 0.6) is 0 Å². The van der Waals surface area contributed by atoms with Gasteiger partial charge in [-0.1, -0.05) is 37.3 Å². The Hall–Kier alpha value is -0.763. The van der Waals surface area contributed by atoms with Gasteiger partial charge in [0.1, 0.15) is 0 Å². The largest absolute Gasteiger partial charge is 0.500 e. The van der Waals surface area contributed by atoms with Gasteiger partial charge >= 0.3 is 8.80 Å². The Labute approximate surface area is 123 Å². The van der Waals surface area contributed by atoms with Gasteiger partial charge < -0.3 is 13.3 Å². The predicted molar refractivity (Wildman–Crippen MR) is 82.1 cm³/mol. The summed E-state index contributed by atoms with van der Waals surface area (Å²) in [6.07, 6.45) is 0.884. The molecule has 1 rings (SSSR count). The molecule has 0 heterocycles. The highest BCUT2D eigenvalue weighted by atomic mass is 28.4. The maximum atomic E-state index is 5.90. The van der Waals surface area contributed by atoms with E-state index in [0.717, 1.165) is 19.0 Å². The molecule has 0 spiro atoms. The van der Waals surface area contributed by atoms with E-state index >= 15 is 0 Å². The smallest absolute Gasteiger partial charge is 0.377 e. The second kappa shape index (κ2) is 9.22. The first-order valence-corrected chi connectivity index (χ1v) is 8.86. The summed E-state index contributed by atoms with van der Waals surface area (Å²) in [5.41, 5.74) is 1.26. The SMILES string of the molecule is CCN(N)CCO[Si](CCc1ccccc1)(OC)OC. The third-order valence-electron chi connectivity index (χ3n) is 3.29. The van der Waals surface area contributed by atoms with E-state index in [9.17, 15) is 0 Å². The van der Waals surface area contributed by atoms with Crippen LogP contribution >= 0.6 is 0 Å². The fourth-order valence-corrected chi connectivity index (χ4v) is 3.85. The Bertz CT molecular complexity index is 361. The highest BCUT2D eigenvalue weighted by Gasteiger charge is 2.38. The highest BCUT2D eigenvalue weighted by molar-refractivity contribution is 6.60. The molecule has 1 aromatic rings. The van der Waals surface area contributed by atoms with Crippen molar-refractivity contribution in [2.75, 3.05) is 33.9 Å². The topological polar surface area (TPSA) is 57.0 Å². The van der Waals surface area contributed by atoms with Crippen molar-refractivity contribution in [1.29, 1.82) is 0 Å². The fraction of sp³-hybridized carbons (Fsp3) is 0.571. The molecule has 2 N–H and O–H groups in total. The van der Waals surface area contributed by atoms with Crippen molar-refractivity contribution in [2.24, 2.45) is 5.84 Å². The zero-order chi connectivity index (χ0) is 14.8. The van der Waals surface area contributed by atoms with Gasteiger partial charge in [-0.05, 0) is 12.0 Å². The van der Waals surface area contributed by atoms with Crippen LogP contribution in [0.2, 0.25) is 6.04 Å². The summed E-state index contributed by atoms with van der Waals surface area (Å²) in [6.45, 7) is 3.99. The van der Waals surface area contributed by atoms with Crippen LogP contribution in [0.1, 0.15) is 12.5 Å². The van der Waals surface area contributed by atoms with Gasteiger partial charge in [0, 0.05) is 33.4 Å². The van der Waals surface area contributed by atoms with Crippen LogP contribution in [0.25, 0.3) is 0 Å². The average Bonchev–Trinajstić information content (AvgIpc) is 2.51. The van der Waals surface area contributed by atoms with Crippen LogP contribution in [0.4, 0.5) is 0 Å². The molecule has 20 heavy (non-hydrogen) atoms. The first-order chi connectivity index (χ1) is 9.65. The van der Waals surface area contributed by atoms with E-state index in [1.165, 1.54) is 5.56 Å². The van der Waals surface area contributed by atoms with Crippen LogP contribution in [0, 0.1) is 0 Å². The minimum atomic E-state index is -2.59. The van der Waals surface area contributed by atoms with E-state index in [1.807, 2.05) is 25.1 Å². The molecule has 5 nitrogen and oxygen atoms in total. The normalized spacial score (nSPS) is 12.1. The van der Waals surface area contributed by atoms with Gasteiger partial charge in [-0.3, -0.25) is 5.84 Å². The predicted octanol–water partition coefficient (Wildman–Crippen LogP) is 1.67. The minimum Gasteiger partial charge on any atom is -0.377 e. The lowest BCUT2D eigenvalue weighted by molar-refractivity contribution is 0.0861. The lowest BCUT2D eigenvalue weighted by Crippen LogP contribution is -2.46.